The highest BCUT2D eigenvalue weighted by atomic mass is 19.1. The minimum Gasteiger partial charge on any atom is -0.350 e. The van der Waals surface area contributed by atoms with Gasteiger partial charge in [-0.05, 0) is 68.2 Å². The van der Waals surface area contributed by atoms with Gasteiger partial charge in [0.05, 0.1) is 0 Å². The van der Waals surface area contributed by atoms with Crippen LogP contribution in [0.5, 0.6) is 0 Å². The zero-order valence-electron chi connectivity index (χ0n) is 15.3. The molecule has 0 radical (unpaired) electrons. The predicted molar refractivity (Wildman–Crippen MR) is 99.7 cm³/mol. The van der Waals surface area contributed by atoms with Crippen LogP contribution in [0.3, 0.4) is 0 Å². The number of hydrogen-bond acceptors (Lipinski definition) is 2. The van der Waals surface area contributed by atoms with Crippen molar-refractivity contribution in [3.63, 3.8) is 0 Å². The van der Waals surface area contributed by atoms with Gasteiger partial charge in [0.15, 0.2) is 0 Å². The van der Waals surface area contributed by atoms with Crippen LogP contribution in [-0.4, -0.2) is 52.9 Å². The van der Waals surface area contributed by atoms with Crippen LogP contribution in [0.1, 0.15) is 41.7 Å². The third kappa shape index (κ3) is 2.82. The van der Waals surface area contributed by atoms with E-state index in [2.05, 4.69) is 9.88 Å². The van der Waals surface area contributed by atoms with E-state index in [0.717, 1.165) is 42.0 Å². The molecule has 1 saturated carbocycles. The van der Waals surface area contributed by atoms with Crippen molar-refractivity contribution in [3.8, 4) is 0 Å². The maximum Gasteiger partial charge on any atom is 0.270 e. The second-order valence-electron chi connectivity index (χ2n) is 8.52. The Kier molecular flexibility index (Phi) is 3.82. The number of fused-ring (bicyclic) bond motifs is 5. The summed E-state index contributed by atoms with van der Waals surface area (Å²) in [5.74, 6) is 1.29. The second kappa shape index (κ2) is 6.08. The molecular weight excluding hydrogens is 329 g/mol. The summed E-state index contributed by atoms with van der Waals surface area (Å²) in [6, 6.07) is 5.17. The molecule has 138 valence electrons. The highest BCUT2D eigenvalue weighted by Gasteiger charge is 2.39. The van der Waals surface area contributed by atoms with E-state index in [0.29, 0.717) is 17.7 Å². The molecule has 1 aliphatic carbocycles. The Balaban J connectivity index is 1.41. The molecule has 4 heterocycles. The zero-order valence-corrected chi connectivity index (χ0v) is 15.3. The summed E-state index contributed by atoms with van der Waals surface area (Å²) in [4.78, 5) is 21.2. The summed E-state index contributed by atoms with van der Waals surface area (Å²) in [5.41, 5.74) is 2.32. The van der Waals surface area contributed by atoms with Crippen LogP contribution in [0, 0.1) is 24.6 Å². The number of carbonyl (C=O) groups excluding carboxylic acids is 1. The lowest BCUT2D eigenvalue weighted by atomic mass is 9.95. The Hall–Kier alpha value is -1.88. The zero-order chi connectivity index (χ0) is 17.8. The smallest absolute Gasteiger partial charge is 0.270 e. The number of nitrogens with zero attached hydrogens (tertiary/aromatic N) is 2. The van der Waals surface area contributed by atoms with E-state index in [-0.39, 0.29) is 11.7 Å². The van der Waals surface area contributed by atoms with Gasteiger partial charge >= 0.3 is 0 Å². The molecule has 1 amide bonds. The van der Waals surface area contributed by atoms with E-state index >= 15 is 0 Å². The van der Waals surface area contributed by atoms with Crippen molar-refractivity contribution in [2.75, 3.05) is 26.2 Å². The first-order chi connectivity index (χ1) is 12.6. The molecular formula is C21H26FN3O. The molecule has 1 aromatic heterocycles. The van der Waals surface area contributed by atoms with Crippen LogP contribution >= 0.6 is 0 Å². The molecule has 4 nitrogen and oxygen atoms in total. The number of benzene rings is 1. The molecule has 3 aliphatic heterocycles. The lowest BCUT2D eigenvalue weighted by Gasteiger charge is -2.36. The number of nitrogens with one attached hydrogen (secondary N) is 1. The molecule has 2 atom stereocenters. The maximum atomic E-state index is 13.6. The highest BCUT2D eigenvalue weighted by Crippen LogP contribution is 2.35. The van der Waals surface area contributed by atoms with Crippen molar-refractivity contribution in [2.45, 2.75) is 38.6 Å². The first-order valence-electron chi connectivity index (χ1n) is 9.89. The standard InChI is InChI=1S/C21H26FN3O/c1-13-18-8-16(22)5-7-19(18)23-20(13)21(26)25-11-15-4-6-17(12-25)24(10-15)9-14-2-3-14/h5,7-8,14-15,17,23H,2-4,6,9-12H2,1H3/t15-,17-/m1/s1. The first kappa shape index (κ1) is 16.3. The summed E-state index contributed by atoms with van der Waals surface area (Å²) < 4.78 is 13.6. The molecule has 1 aromatic carbocycles. The van der Waals surface area contributed by atoms with Crippen molar-refractivity contribution in [1.29, 1.82) is 0 Å². The van der Waals surface area contributed by atoms with Crippen LogP contribution in [-0.2, 0) is 0 Å². The van der Waals surface area contributed by atoms with Crippen molar-refractivity contribution in [1.82, 2.24) is 14.8 Å². The molecule has 26 heavy (non-hydrogen) atoms. The fourth-order valence-electron chi connectivity index (χ4n) is 4.87. The van der Waals surface area contributed by atoms with Crippen LogP contribution in [0.4, 0.5) is 4.39 Å². The first-order valence-corrected chi connectivity index (χ1v) is 9.89. The summed E-state index contributed by atoms with van der Waals surface area (Å²) in [7, 11) is 0. The number of aromatic nitrogens is 1. The lowest BCUT2D eigenvalue weighted by molar-refractivity contribution is 0.0731. The monoisotopic (exact) mass is 355 g/mol. The number of rotatable bonds is 3. The van der Waals surface area contributed by atoms with Crippen molar-refractivity contribution in [2.24, 2.45) is 11.8 Å². The van der Waals surface area contributed by atoms with Crippen molar-refractivity contribution < 1.29 is 9.18 Å². The molecule has 4 fully saturated rings. The Morgan fingerprint density at radius 2 is 2.04 bits per heavy atom. The van der Waals surface area contributed by atoms with Crippen LogP contribution < -0.4 is 0 Å². The van der Waals surface area contributed by atoms with E-state index in [1.54, 1.807) is 6.07 Å². The van der Waals surface area contributed by atoms with Crippen molar-refractivity contribution in [3.05, 3.63) is 35.3 Å². The van der Waals surface area contributed by atoms with Gasteiger partial charge in [-0.2, -0.15) is 0 Å². The lowest BCUT2D eigenvalue weighted by Crippen LogP contribution is -2.45. The van der Waals surface area contributed by atoms with Crippen LogP contribution in [0.15, 0.2) is 18.2 Å². The molecule has 0 spiro atoms. The summed E-state index contributed by atoms with van der Waals surface area (Å²) in [6.07, 6.45) is 5.19. The SMILES string of the molecule is Cc1c(C(=O)N2C[C@@H]3CC[C@H](C2)N(CC2CC2)C3)[nH]c2ccc(F)cc12. The van der Waals surface area contributed by atoms with Gasteiger partial charge in [0, 0.05) is 43.1 Å². The number of amides is 1. The third-order valence-electron chi connectivity index (χ3n) is 6.54. The number of H-pyrrole nitrogens is 1. The van der Waals surface area contributed by atoms with Gasteiger partial charge in [0.1, 0.15) is 11.5 Å². The summed E-state index contributed by atoms with van der Waals surface area (Å²) >= 11 is 0. The van der Waals surface area contributed by atoms with Gasteiger partial charge in [-0.15, -0.1) is 0 Å². The van der Waals surface area contributed by atoms with Gasteiger partial charge < -0.3 is 9.88 Å². The predicted octanol–water partition coefficient (Wildman–Crippen LogP) is 3.56. The molecule has 3 saturated heterocycles. The van der Waals surface area contributed by atoms with Crippen molar-refractivity contribution >= 4 is 16.8 Å². The highest BCUT2D eigenvalue weighted by molar-refractivity contribution is 6.01. The number of halogens is 1. The Morgan fingerprint density at radius 1 is 1.19 bits per heavy atom. The van der Waals surface area contributed by atoms with Crippen LogP contribution in [0.25, 0.3) is 10.9 Å². The minimum absolute atomic E-state index is 0.0734. The number of aryl methyl sites for hydroxylation is 1. The quantitative estimate of drug-likeness (QED) is 0.914. The molecule has 0 unspecified atom stereocenters. The van der Waals surface area contributed by atoms with Crippen LogP contribution in [0.2, 0.25) is 0 Å². The number of piperidine rings is 1. The summed E-state index contributed by atoms with van der Waals surface area (Å²) in [5, 5.41) is 0.807. The molecule has 2 aromatic rings. The molecule has 1 N–H and O–H groups in total. The van der Waals surface area contributed by atoms with Gasteiger partial charge in [0.2, 0.25) is 0 Å². The minimum atomic E-state index is -0.262. The summed E-state index contributed by atoms with van der Waals surface area (Å²) in [6.45, 7) is 5.94. The topological polar surface area (TPSA) is 39.3 Å². The Labute approximate surface area is 153 Å². The molecule has 5 heteroatoms. The van der Waals surface area contributed by atoms with Gasteiger partial charge in [-0.3, -0.25) is 9.69 Å². The fourth-order valence-corrected chi connectivity index (χ4v) is 4.87. The Morgan fingerprint density at radius 3 is 2.85 bits per heavy atom. The molecule has 2 bridgehead atoms. The number of aromatic amines is 1. The van der Waals surface area contributed by atoms with E-state index < -0.39 is 0 Å². The second-order valence-corrected chi connectivity index (χ2v) is 8.52. The average molecular weight is 355 g/mol. The van der Waals surface area contributed by atoms with E-state index in [1.165, 1.54) is 44.4 Å². The van der Waals surface area contributed by atoms with E-state index in [9.17, 15) is 9.18 Å². The van der Waals surface area contributed by atoms with E-state index in [4.69, 9.17) is 0 Å². The van der Waals surface area contributed by atoms with E-state index in [1.807, 2.05) is 11.8 Å². The number of carbonyl (C=O) groups is 1. The largest absolute Gasteiger partial charge is 0.350 e. The van der Waals surface area contributed by atoms with Gasteiger partial charge in [0.25, 0.3) is 5.91 Å². The molecule has 4 aliphatic rings. The van der Waals surface area contributed by atoms with Gasteiger partial charge in [-0.1, -0.05) is 0 Å². The Bertz CT molecular complexity index is 856. The number of hydrogen-bond donors (Lipinski definition) is 1. The fraction of sp³-hybridized carbons (Fsp3) is 0.571. The maximum absolute atomic E-state index is 13.6. The molecule has 6 rings (SSSR count). The average Bonchev–Trinajstić information content (AvgIpc) is 3.43. The normalized spacial score (nSPS) is 26.5. The van der Waals surface area contributed by atoms with Gasteiger partial charge in [-0.25, -0.2) is 4.39 Å². The third-order valence-corrected chi connectivity index (χ3v) is 6.54.